The summed E-state index contributed by atoms with van der Waals surface area (Å²) in [5, 5.41) is 9.97. The van der Waals surface area contributed by atoms with Gasteiger partial charge in [-0.1, -0.05) is 63.4 Å². The van der Waals surface area contributed by atoms with E-state index in [1.54, 1.807) is 48.5 Å². The summed E-state index contributed by atoms with van der Waals surface area (Å²) in [6.45, 7) is 0.145. The molecule has 2 aromatic carbocycles. The number of carbonyl (C=O) groups excluding carboxylic acids is 1. The van der Waals surface area contributed by atoms with E-state index in [9.17, 15) is 18.0 Å². The zero-order valence-electron chi connectivity index (χ0n) is 16.3. The fourth-order valence-corrected chi connectivity index (χ4v) is 4.17. The Morgan fingerprint density at radius 1 is 1.16 bits per heavy atom. The Labute approximate surface area is 200 Å². The molecular weight excluding hydrogens is 532 g/mol. The Kier molecular flexibility index (Phi) is 6.42. The molecule has 0 unspecified atom stereocenters. The van der Waals surface area contributed by atoms with Gasteiger partial charge in [-0.15, -0.1) is 0 Å². The van der Waals surface area contributed by atoms with Crippen LogP contribution >= 0.6 is 39.1 Å². The molecule has 0 fully saturated rings. The van der Waals surface area contributed by atoms with Gasteiger partial charge in [-0.05, 0) is 35.4 Å². The molecule has 0 bridgehead atoms. The summed E-state index contributed by atoms with van der Waals surface area (Å²) < 4.78 is 43.2. The Balaban J connectivity index is 1.62. The van der Waals surface area contributed by atoms with Gasteiger partial charge in [0.15, 0.2) is 11.7 Å². The highest BCUT2D eigenvalue weighted by atomic mass is 79.9. The van der Waals surface area contributed by atoms with Crippen LogP contribution in [0.2, 0.25) is 10.0 Å². The largest absolute Gasteiger partial charge is 0.410 e. The smallest absolute Gasteiger partial charge is 0.362 e. The molecule has 2 N–H and O–H groups in total. The summed E-state index contributed by atoms with van der Waals surface area (Å²) in [6, 6.07) is 11.2. The molecule has 1 aromatic heterocycles. The second-order valence-electron chi connectivity index (χ2n) is 7.31. The van der Waals surface area contributed by atoms with Gasteiger partial charge in [0, 0.05) is 22.5 Å². The SMILES string of the molecule is O=C(NCc1ccc(Cl)cc1)c1nn2c(c1Cl)N[C@@H](c1ccc(Br)cc1)C[C@@H]2C(F)(F)F. The number of carbonyl (C=O) groups is 1. The van der Waals surface area contributed by atoms with Gasteiger partial charge in [0.2, 0.25) is 0 Å². The van der Waals surface area contributed by atoms with Gasteiger partial charge in [-0.25, -0.2) is 4.68 Å². The maximum absolute atomic E-state index is 13.9. The van der Waals surface area contributed by atoms with Crippen LogP contribution in [0.25, 0.3) is 0 Å². The van der Waals surface area contributed by atoms with Gasteiger partial charge in [0.25, 0.3) is 5.91 Å². The second-order valence-corrected chi connectivity index (χ2v) is 9.04. The van der Waals surface area contributed by atoms with Crippen molar-refractivity contribution in [3.63, 3.8) is 0 Å². The number of hydrogen-bond acceptors (Lipinski definition) is 3. The van der Waals surface area contributed by atoms with Crippen molar-refractivity contribution in [3.05, 3.63) is 79.9 Å². The zero-order chi connectivity index (χ0) is 23.0. The van der Waals surface area contributed by atoms with Crippen LogP contribution in [-0.4, -0.2) is 21.9 Å². The molecule has 2 atom stereocenters. The summed E-state index contributed by atoms with van der Waals surface area (Å²) in [4.78, 5) is 12.7. The normalized spacial score (nSPS) is 18.1. The molecule has 1 amide bonds. The van der Waals surface area contributed by atoms with Crippen molar-refractivity contribution >= 4 is 50.9 Å². The highest BCUT2D eigenvalue weighted by Crippen LogP contribution is 2.46. The molecule has 32 heavy (non-hydrogen) atoms. The minimum Gasteiger partial charge on any atom is -0.362 e. The number of halogens is 6. The van der Waals surface area contributed by atoms with Crippen LogP contribution in [0.3, 0.4) is 0 Å². The molecule has 0 spiro atoms. The van der Waals surface area contributed by atoms with Gasteiger partial charge in [0.1, 0.15) is 10.8 Å². The van der Waals surface area contributed by atoms with Gasteiger partial charge in [-0.2, -0.15) is 18.3 Å². The zero-order valence-corrected chi connectivity index (χ0v) is 19.4. The molecule has 0 radical (unpaired) electrons. The van der Waals surface area contributed by atoms with E-state index in [-0.39, 0.29) is 29.5 Å². The van der Waals surface area contributed by atoms with Crippen LogP contribution < -0.4 is 10.6 Å². The fraction of sp³-hybridized carbons (Fsp3) is 0.238. The second kappa shape index (κ2) is 8.96. The lowest BCUT2D eigenvalue weighted by Gasteiger charge is -2.33. The molecule has 168 valence electrons. The van der Waals surface area contributed by atoms with Gasteiger partial charge < -0.3 is 10.6 Å². The van der Waals surface area contributed by atoms with Crippen molar-refractivity contribution in [1.29, 1.82) is 0 Å². The summed E-state index contributed by atoms with van der Waals surface area (Å²) in [6.07, 6.45) is -4.86. The Hall–Kier alpha value is -2.23. The van der Waals surface area contributed by atoms with Crippen LogP contribution in [0.1, 0.15) is 40.1 Å². The maximum Gasteiger partial charge on any atom is 0.410 e. The van der Waals surface area contributed by atoms with Crippen molar-refractivity contribution in [1.82, 2.24) is 15.1 Å². The van der Waals surface area contributed by atoms with Crippen LogP contribution in [0, 0.1) is 0 Å². The third-order valence-corrected chi connectivity index (χ3v) is 6.29. The fourth-order valence-electron chi connectivity index (χ4n) is 3.52. The van der Waals surface area contributed by atoms with E-state index in [0.717, 1.165) is 14.7 Å². The van der Waals surface area contributed by atoms with Crippen LogP contribution in [0.15, 0.2) is 53.0 Å². The first-order chi connectivity index (χ1) is 15.1. The Morgan fingerprint density at radius 2 is 1.81 bits per heavy atom. The van der Waals surface area contributed by atoms with Crippen LogP contribution in [0.4, 0.5) is 19.0 Å². The molecule has 5 nitrogen and oxygen atoms in total. The van der Waals surface area contributed by atoms with E-state index >= 15 is 0 Å². The number of amides is 1. The minimum absolute atomic E-state index is 0.0372. The first-order valence-corrected chi connectivity index (χ1v) is 11.1. The van der Waals surface area contributed by atoms with Crippen molar-refractivity contribution < 1.29 is 18.0 Å². The van der Waals surface area contributed by atoms with Crippen molar-refractivity contribution in [2.75, 3.05) is 5.32 Å². The molecule has 0 saturated carbocycles. The maximum atomic E-state index is 13.9. The monoisotopic (exact) mass is 546 g/mol. The number of benzene rings is 2. The number of fused-ring (bicyclic) bond motifs is 1. The Bertz CT molecular complexity index is 1130. The lowest BCUT2D eigenvalue weighted by molar-refractivity contribution is -0.173. The van der Waals surface area contributed by atoms with E-state index in [1.165, 1.54) is 0 Å². The summed E-state index contributed by atoms with van der Waals surface area (Å²) in [7, 11) is 0. The number of aromatic nitrogens is 2. The van der Waals surface area contributed by atoms with Gasteiger partial charge in [-0.3, -0.25) is 4.79 Å². The number of nitrogens with one attached hydrogen (secondary N) is 2. The van der Waals surface area contributed by atoms with E-state index in [4.69, 9.17) is 23.2 Å². The number of hydrogen-bond donors (Lipinski definition) is 2. The van der Waals surface area contributed by atoms with Gasteiger partial charge >= 0.3 is 6.18 Å². The average molecular weight is 548 g/mol. The molecule has 4 rings (SSSR count). The number of alkyl halides is 3. The first-order valence-electron chi connectivity index (χ1n) is 9.53. The van der Waals surface area contributed by atoms with Crippen LogP contribution in [0.5, 0.6) is 0 Å². The lowest BCUT2D eigenvalue weighted by atomic mass is 9.97. The molecule has 3 aromatic rings. The lowest BCUT2D eigenvalue weighted by Crippen LogP contribution is -2.35. The minimum atomic E-state index is -4.57. The molecule has 0 saturated heterocycles. The predicted molar refractivity (Wildman–Crippen MR) is 120 cm³/mol. The molecule has 2 heterocycles. The third-order valence-electron chi connectivity index (χ3n) is 5.15. The average Bonchev–Trinajstić information content (AvgIpc) is 3.09. The van der Waals surface area contributed by atoms with E-state index in [1.807, 2.05) is 0 Å². The molecule has 1 aliphatic heterocycles. The highest BCUT2D eigenvalue weighted by Gasteiger charge is 2.47. The number of rotatable bonds is 4. The molecular formula is C21H16BrCl2F3N4O. The van der Waals surface area contributed by atoms with E-state index in [2.05, 4.69) is 31.7 Å². The first kappa shape index (κ1) is 22.9. The summed E-state index contributed by atoms with van der Waals surface area (Å²) >= 11 is 15.5. The van der Waals surface area contributed by atoms with Crippen molar-refractivity contribution in [3.8, 4) is 0 Å². The van der Waals surface area contributed by atoms with E-state index in [0.29, 0.717) is 10.6 Å². The Morgan fingerprint density at radius 3 is 2.44 bits per heavy atom. The van der Waals surface area contributed by atoms with E-state index < -0.39 is 24.2 Å². The third kappa shape index (κ3) is 4.74. The summed E-state index contributed by atoms with van der Waals surface area (Å²) in [5.41, 5.74) is 1.16. The van der Waals surface area contributed by atoms with Gasteiger partial charge in [0.05, 0.1) is 6.04 Å². The predicted octanol–water partition coefficient (Wildman–Crippen LogP) is 6.54. The topological polar surface area (TPSA) is 59.0 Å². The molecule has 11 heteroatoms. The number of nitrogens with zero attached hydrogens (tertiary/aromatic N) is 2. The van der Waals surface area contributed by atoms with Crippen molar-refractivity contribution in [2.24, 2.45) is 0 Å². The summed E-state index contributed by atoms with van der Waals surface area (Å²) in [5.74, 6) is -0.709. The molecule has 1 aliphatic rings. The van der Waals surface area contributed by atoms with Crippen LogP contribution in [-0.2, 0) is 6.54 Å². The number of anilines is 1. The highest BCUT2D eigenvalue weighted by molar-refractivity contribution is 9.10. The molecule has 0 aliphatic carbocycles. The van der Waals surface area contributed by atoms with Crippen molar-refractivity contribution in [2.45, 2.75) is 31.2 Å². The quantitative estimate of drug-likeness (QED) is 0.390. The standard InChI is InChI=1S/C21H16BrCl2F3N4O/c22-13-5-3-12(4-6-13)15-9-16(21(25,26)27)31-19(29-15)17(24)18(30-31)20(32)28-10-11-1-7-14(23)8-2-11/h1-8,15-16,29H,9-10H2,(H,28,32)/t15-,16-/m1/s1.